The monoisotopic (exact) mass is 256 g/mol. The molecule has 0 spiro atoms. The minimum Gasteiger partial charge on any atom is -0.0765 e. The van der Waals surface area contributed by atoms with Gasteiger partial charge in [-0.1, -0.05) is 52.6 Å². The van der Waals surface area contributed by atoms with Crippen molar-refractivity contribution in [2.75, 3.05) is 0 Å². The highest BCUT2D eigenvalue weighted by Crippen LogP contribution is 2.23. The van der Waals surface area contributed by atoms with E-state index in [0.717, 1.165) is 11.8 Å². The maximum absolute atomic E-state index is 3.46. The third kappa shape index (κ3) is 5.41. The van der Waals surface area contributed by atoms with Crippen LogP contribution in [0, 0.1) is 11.8 Å². The summed E-state index contributed by atoms with van der Waals surface area (Å²) in [5.41, 5.74) is 0. The lowest BCUT2D eigenvalue weighted by Crippen LogP contribution is -2.06. The van der Waals surface area contributed by atoms with E-state index in [-0.39, 0.29) is 0 Å². The zero-order valence-corrected chi connectivity index (χ0v) is 9.37. The molecule has 0 rings (SSSR count). The first kappa shape index (κ1) is 9.96. The van der Waals surface area contributed by atoms with Crippen molar-refractivity contribution >= 4 is 31.9 Å². The van der Waals surface area contributed by atoms with Crippen molar-refractivity contribution in [2.24, 2.45) is 11.8 Å². The molecule has 0 bridgehead atoms. The Morgan fingerprint density at radius 1 is 1.11 bits per heavy atom. The minimum atomic E-state index is 0.488. The first-order valence-corrected chi connectivity index (χ1v) is 5.15. The molecule has 0 aliphatic rings. The summed E-state index contributed by atoms with van der Waals surface area (Å²) in [7, 11) is 0. The molecule has 0 aliphatic carbocycles. The molecule has 9 heavy (non-hydrogen) atoms. The first-order valence-electron chi connectivity index (χ1n) is 3.32. The predicted molar refractivity (Wildman–Crippen MR) is 50.3 cm³/mol. The Morgan fingerprint density at radius 2 is 1.56 bits per heavy atom. The summed E-state index contributed by atoms with van der Waals surface area (Å²) >= 11 is 6.92. The summed E-state index contributed by atoms with van der Waals surface area (Å²) in [6.07, 6.45) is 1.21. The van der Waals surface area contributed by atoms with E-state index in [4.69, 9.17) is 0 Å². The SMILES string of the molecule is CC(C)[C@@H](C)CC(Br)Br. The molecule has 0 saturated heterocycles. The van der Waals surface area contributed by atoms with Gasteiger partial charge >= 0.3 is 0 Å². The Bertz CT molecular complexity index is 69.3. The van der Waals surface area contributed by atoms with Crippen molar-refractivity contribution in [1.82, 2.24) is 0 Å². The molecule has 0 N–H and O–H groups in total. The lowest BCUT2D eigenvalue weighted by molar-refractivity contribution is 0.407. The zero-order chi connectivity index (χ0) is 7.44. The second-order valence-corrected chi connectivity index (χ2v) is 6.29. The van der Waals surface area contributed by atoms with Gasteiger partial charge in [0.15, 0.2) is 0 Å². The van der Waals surface area contributed by atoms with Crippen LogP contribution in [0.25, 0.3) is 0 Å². The van der Waals surface area contributed by atoms with E-state index in [1.165, 1.54) is 6.42 Å². The second-order valence-electron chi connectivity index (χ2n) is 2.85. The van der Waals surface area contributed by atoms with Crippen LogP contribution in [0.1, 0.15) is 27.2 Å². The van der Waals surface area contributed by atoms with Gasteiger partial charge in [-0.2, -0.15) is 0 Å². The van der Waals surface area contributed by atoms with Gasteiger partial charge in [0.1, 0.15) is 0 Å². The summed E-state index contributed by atoms with van der Waals surface area (Å²) in [4.78, 5) is 0. The summed E-state index contributed by atoms with van der Waals surface area (Å²) in [5, 5.41) is 0. The Balaban J connectivity index is 3.38. The Kier molecular flexibility index (Phi) is 5.23. The average Bonchev–Trinajstić information content (AvgIpc) is 1.63. The summed E-state index contributed by atoms with van der Waals surface area (Å²) in [6.45, 7) is 6.79. The Hall–Kier alpha value is 0.960. The number of rotatable bonds is 3. The van der Waals surface area contributed by atoms with Gasteiger partial charge in [0.2, 0.25) is 0 Å². The number of hydrogen-bond donors (Lipinski definition) is 0. The van der Waals surface area contributed by atoms with Crippen LogP contribution >= 0.6 is 31.9 Å². The van der Waals surface area contributed by atoms with Crippen LogP contribution in [0.5, 0.6) is 0 Å². The highest BCUT2D eigenvalue weighted by Gasteiger charge is 2.09. The fraction of sp³-hybridized carbons (Fsp3) is 1.00. The van der Waals surface area contributed by atoms with Crippen molar-refractivity contribution in [2.45, 2.75) is 30.9 Å². The normalized spacial score (nSPS) is 15.0. The van der Waals surface area contributed by atoms with Crippen LogP contribution in [0.15, 0.2) is 0 Å². The van der Waals surface area contributed by atoms with E-state index in [0.29, 0.717) is 3.74 Å². The first-order chi connectivity index (χ1) is 4.04. The van der Waals surface area contributed by atoms with E-state index in [2.05, 4.69) is 52.6 Å². The molecule has 0 radical (unpaired) electrons. The van der Waals surface area contributed by atoms with Crippen LogP contribution in [-0.4, -0.2) is 3.74 Å². The van der Waals surface area contributed by atoms with Gasteiger partial charge in [-0.05, 0) is 18.3 Å². The molecule has 0 aliphatic heterocycles. The second kappa shape index (κ2) is 4.73. The molecule has 0 aromatic carbocycles. The van der Waals surface area contributed by atoms with Crippen LogP contribution in [0.3, 0.4) is 0 Å². The van der Waals surface area contributed by atoms with E-state index >= 15 is 0 Å². The van der Waals surface area contributed by atoms with E-state index < -0.39 is 0 Å². The van der Waals surface area contributed by atoms with Crippen LogP contribution in [-0.2, 0) is 0 Å². The lowest BCUT2D eigenvalue weighted by Gasteiger charge is -2.15. The van der Waals surface area contributed by atoms with E-state index in [1.807, 2.05) is 0 Å². The quantitative estimate of drug-likeness (QED) is 0.675. The molecule has 0 fully saturated rings. The molecule has 1 atom stereocenters. The molecule has 56 valence electrons. The highest BCUT2D eigenvalue weighted by molar-refractivity contribution is 9.24. The smallest absolute Gasteiger partial charge is 0.0700 e. The predicted octanol–water partition coefficient (Wildman–Crippen LogP) is 3.78. The molecular weight excluding hydrogens is 244 g/mol. The molecule has 0 saturated carbocycles. The fourth-order valence-electron chi connectivity index (χ4n) is 0.553. The molecule has 0 nitrogen and oxygen atoms in total. The molecule has 0 aromatic heterocycles. The van der Waals surface area contributed by atoms with E-state index in [9.17, 15) is 0 Å². The zero-order valence-electron chi connectivity index (χ0n) is 6.20. The lowest BCUT2D eigenvalue weighted by atomic mass is 9.96. The van der Waals surface area contributed by atoms with Crippen molar-refractivity contribution in [3.63, 3.8) is 0 Å². The minimum absolute atomic E-state index is 0.488. The van der Waals surface area contributed by atoms with Crippen molar-refractivity contribution < 1.29 is 0 Å². The maximum Gasteiger partial charge on any atom is 0.0700 e. The third-order valence-electron chi connectivity index (χ3n) is 1.69. The van der Waals surface area contributed by atoms with Gasteiger partial charge in [-0.15, -0.1) is 0 Å². The van der Waals surface area contributed by atoms with Crippen LogP contribution in [0.2, 0.25) is 0 Å². The van der Waals surface area contributed by atoms with Crippen molar-refractivity contribution in [1.29, 1.82) is 0 Å². The van der Waals surface area contributed by atoms with Gasteiger partial charge in [0, 0.05) is 0 Å². The van der Waals surface area contributed by atoms with E-state index in [1.54, 1.807) is 0 Å². The van der Waals surface area contributed by atoms with Crippen molar-refractivity contribution in [3.05, 3.63) is 0 Å². The fourth-order valence-corrected chi connectivity index (χ4v) is 1.73. The summed E-state index contributed by atoms with van der Waals surface area (Å²) < 4.78 is 0.488. The molecule has 0 aromatic rings. The average molecular weight is 258 g/mol. The molecule has 0 amide bonds. The van der Waals surface area contributed by atoms with Crippen LogP contribution in [0.4, 0.5) is 0 Å². The van der Waals surface area contributed by atoms with Gasteiger partial charge in [0.25, 0.3) is 0 Å². The maximum atomic E-state index is 3.46. The molecule has 2 heteroatoms. The number of hydrogen-bond acceptors (Lipinski definition) is 0. The van der Waals surface area contributed by atoms with Crippen LogP contribution < -0.4 is 0 Å². The molecular formula is C7H14Br2. The highest BCUT2D eigenvalue weighted by atomic mass is 79.9. The van der Waals surface area contributed by atoms with Gasteiger partial charge in [-0.3, -0.25) is 0 Å². The Labute approximate surface area is 74.7 Å². The summed E-state index contributed by atoms with van der Waals surface area (Å²) in [5.74, 6) is 1.59. The van der Waals surface area contributed by atoms with Gasteiger partial charge < -0.3 is 0 Å². The standard InChI is InChI=1S/C7H14Br2/c1-5(2)6(3)4-7(8)9/h5-7H,4H2,1-3H3/t6-/m0/s1. The number of halogens is 2. The topological polar surface area (TPSA) is 0 Å². The third-order valence-corrected chi connectivity index (χ3v) is 2.44. The largest absolute Gasteiger partial charge is 0.0765 e. The van der Waals surface area contributed by atoms with Gasteiger partial charge in [-0.25, -0.2) is 0 Å². The molecule has 0 unspecified atom stereocenters. The van der Waals surface area contributed by atoms with Crippen molar-refractivity contribution in [3.8, 4) is 0 Å². The molecule has 0 heterocycles. The number of alkyl halides is 2. The van der Waals surface area contributed by atoms with Gasteiger partial charge in [0.05, 0.1) is 3.74 Å². The summed E-state index contributed by atoms with van der Waals surface area (Å²) in [6, 6.07) is 0. The Morgan fingerprint density at radius 3 is 1.67 bits per heavy atom.